The second kappa shape index (κ2) is 11.2. The number of amides is 2. The van der Waals surface area contributed by atoms with Gasteiger partial charge < -0.3 is 24.3 Å². The Morgan fingerprint density at radius 3 is 2.46 bits per heavy atom. The lowest BCUT2D eigenvalue weighted by atomic mass is 9.97. The van der Waals surface area contributed by atoms with Gasteiger partial charge in [0.25, 0.3) is 0 Å². The van der Waals surface area contributed by atoms with Crippen LogP contribution in [0.15, 0.2) is 63.5 Å². The standard InChI is InChI=1S/C25H22N6O3.C2HF3O2/c1-15-26-20-9-7-18(14-22(20)33-15)27-25(32)31-12-10-17(11-13-31)24-29-23(30-34-24)21-8-6-16-4-2-3-5-19(16)28-21;3-2(4,5)1(6)7/h2-9,14,17H,10-13H2,1H3,(H,27,32);(H,6,7). The number of alkyl halides is 3. The summed E-state index contributed by atoms with van der Waals surface area (Å²) in [6.07, 6.45) is -3.58. The molecule has 2 amide bonds. The molecule has 5 aromatic rings. The normalized spacial score (nSPS) is 14.1. The van der Waals surface area contributed by atoms with Gasteiger partial charge in [0.15, 0.2) is 11.5 Å². The number of carbonyl (C=O) groups excluding carboxylic acids is 1. The molecule has 0 saturated carbocycles. The number of halogens is 3. The first-order valence-corrected chi connectivity index (χ1v) is 12.5. The van der Waals surface area contributed by atoms with E-state index in [-0.39, 0.29) is 11.9 Å². The number of para-hydroxylation sites is 1. The highest BCUT2D eigenvalue weighted by atomic mass is 19.4. The van der Waals surface area contributed by atoms with Gasteiger partial charge in [-0.2, -0.15) is 18.2 Å². The fraction of sp³-hybridized carbons (Fsp3) is 0.259. The van der Waals surface area contributed by atoms with Crippen LogP contribution in [0.25, 0.3) is 33.5 Å². The Morgan fingerprint density at radius 1 is 1.00 bits per heavy atom. The fourth-order valence-corrected chi connectivity index (χ4v) is 4.35. The molecular weight excluding hydrogens is 545 g/mol. The molecule has 0 spiro atoms. The number of pyridine rings is 1. The zero-order valence-electron chi connectivity index (χ0n) is 21.6. The lowest BCUT2D eigenvalue weighted by molar-refractivity contribution is -0.192. The molecular formula is C27H23F3N6O5. The van der Waals surface area contributed by atoms with Crippen molar-refractivity contribution in [1.82, 2.24) is 25.0 Å². The van der Waals surface area contributed by atoms with E-state index in [1.807, 2.05) is 48.5 Å². The molecule has 1 saturated heterocycles. The third-order valence-electron chi connectivity index (χ3n) is 6.39. The van der Waals surface area contributed by atoms with Gasteiger partial charge in [0.2, 0.25) is 11.7 Å². The maximum absolute atomic E-state index is 12.8. The zero-order valence-corrected chi connectivity index (χ0v) is 21.6. The summed E-state index contributed by atoms with van der Waals surface area (Å²) in [5.74, 6) is -0.969. The molecule has 1 fully saturated rings. The number of likely N-dealkylation sites (tertiary alicyclic amines) is 1. The first-order chi connectivity index (χ1) is 19.6. The van der Waals surface area contributed by atoms with Crippen LogP contribution in [0.2, 0.25) is 0 Å². The molecule has 6 rings (SSSR count). The smallest absolute Gasteiger partial charge is 0.475 e. The molecule has 11 nitrogen and oxygen atoms in total. The first-order valence-electron chi connectivity index (χ1n) is 12.5. The number of hydrogen-bond acceptors (Lipinski definition) is 8. The number of oxazole rings is 1. The second-order valence-electron chi connectivity index (χ2n) is 9.26. The summed E-state index contributed by atoms with van der Waals surface area (Å²) in [7, 11) is 0. The van der Waals surface area contributed by atoms with E-state index < -0.39 is 12.1 Å². The van der Waals surface area contributed by atoms with Crippen LogP contribution in [0.5, 0.6) is 0 Å². The number of nitrogens with one attached hydrogen (secondary N) is 1. The number of aryl methyl sites for hydroxylation is 1. The minimum atomic E-state index is -5.08. The van der Waals surface area contributed by atoms with Crippen LogP contribution in [-0.2, 0) is 4.79 Å². The van der Waals surface area contributed by atoms with Crippen molar-refractivity contribution in [3.8, 4) is 11.5 Å². The Balaban J connectivity index is 0.000000431. The Kier molecular flexibility index (Phi) is 7.55. The molecule has 14 heteroatoms. The predicted octanol–water partition coefficient (Wildman–Crippen LogP) is 5.78. The molecule has 0 atom stereocenters. The summed E-state index contributed by atoms with van der Waals surface area (Å²) in [6.45, 7) is 3.01. The maximum Gasteiger partial charge on any atom is 0.490 e. The van der Waals surface area contributed by atoms with Crippen LogP contribution in [0, 0.1) is 6.92 Å². The Hall–Kier alpha value is -5.01. The van der Waals surface area contributed by atoms with Crippen LogP contribution < -0.4 is 5.32 Å². The number of nitrogens with zero attached hydrogens (tertiary/aromatic N) is 5. The third kappa shape index (κ3) is 6.42. The van der Waals surface area contributed by atoms with Crippen molar-refractivity contribution >= 4 is 39.7 Å². The number of carboxylic acids is 1. The van der Waals surface area contributed by atoms with Gasteiger partial charge in [-0.05, 0) is 37.1 Å². The van der Waals surface area contributed by atoms with E-state index in [2.05, 4.69) is 25.4 Å². The number of benzene rings is 2. The van der Waals surface area contributed by atoms with E-state index in [9.17, 15) is 18.0 Å². The highest BCUT2D eigenvalue weighted by Crippen LogP contribution is 2.29. The number of carbonyl (C=O) groups is 2. The third-order valence-corrected chi connectivity index (χ3v) is 6.39. The van der Waals surface area contributed by atoms with Crippen LogP contribution in [-0.4, -0.2) is 61.4 Å². The van der Waals surface area contributed by atoms with Gasteiger partial charge in [0, 0.05) is 43.1 Å². The van der Waals surface area contributed by atoms with Crippen LogP contribution in [0.1, 0.15) is 30.5 Å². The monoisotopic (exact) mass is 568 g/mol. The van der Waals surface area contributed by atoms with E-state index in [0.717, 1.165) is 29.3 Å². The number of urea groups is 1. The summed E-state index contributed by atoms with van der Waals surface area (Å²) in [5.41, 5.74) is 3.68. The molecule has 41 heavy (non-hydrogen) atoms. The van der Waals surface area contributed by atoms with Crippen molar-refractivity contribution in [2.75, 3.05) is 18.4 Å². The van der Waals surface area contributed by atoms with E-state index in [1.54, 1.807) is 17.9 Å². The first kappa shape index (κ1) is 27.6. The molecule has 3 aromatic heterocycles. The average molecular weight is 569 g/mol. The topological polar surface area (TPSA) is 147 Å². The van der Waals surface area contributed by atoms with Gasteiger partial charge >= 0.3 is 18.2 Å². The van der Waals surface area contributed by atoms with Gasteiger partial charge in [-0.15, -0.1) is 0 Å². The SMILES string of the molecule is Cc1nc2ccc(NC(=O)N3CCC(c4nc(-c5ccc6ccccc6n5)no4)CC3)cc2o1.O=C(O)C(F)(F)F. The van der Waals surface area contributed by atoms with E-state index in [4.69, 9.17) is 18.8 Å². The van der Waals surface area contributed by atoms with Crippen LogP contribution >= 0.6 is 0 Å². The summed E-state index contributed by atoms with van der Waals surface area (Å²) < 4.78 is 42.9. The number of anilines is 1. The number of rotatable bonds is 3. The maximum atomic E-state index is 12.8. The summed E-state index contributed by atoms with van der Waals surface area (Å²) in [4.78, 5) is 37.0. The molecule has 212 valence electrons. The van der Waals surface area contributed by atoms with Crippen molar-refractivity contribution in [2.45, 2.75) is 31.9 Å². The van der Waals surface area contributed by atoms with Crippen molar-refractivity contribution in [3.05, 3.63) is 66.4 Å². The molecule has 2 aromatic carbocycles. The number of carboxylic acid groups (broad SMARTS) is 1. The second-order valence-corrected chi connectivity index (χ2v) is 9.26. The molecule has 1 aliphatic rings. The molecule has 4 heterocycles. The zero-order chi connectivity index (χ0) is 29.1. The Morgan fingerprint density at radius 2 is 1.73 bits per heavy atom. The Bertz CT molecular complexity index is 1710. The quantitative estimate of drug-likeness (QED) is 0.276. The van der Waals surface area contributed by atoms with Crippen LogP contribution in [0.4, 0.5) is 23.7 Å². The number of hydrogen-bond donors (Lipinski definition) is 2. The van der Waals surface area contributed by atoms with Gasteiger partial charge in [-0.3, -0.25) is 0 Å². The van der Waals surface area contributed by atoms with E-state index >= 15 is 0 Å². The number of aromatic nitrogens is 4. The van der Waals surface area contributed by atoms with Gasteiger partial charge in [0.1, 0.15) is 11.2 Å². The highest BCUT2D eigenvalue weighted by Gasteiger charge is 2.38. The van der Waals surface area contributed by atoms with Gasteiger partial charge in [0.05, 0.1) is 5.52 Å². The molecule has 0 aliphatic carbocycles. The van der Waals surface area contributed by atoms with Crippen molar-refractivity contribution in [1.29, 1.82) is 0 Å². The minimum absolute atomic E-state index is 0.110. The average Bonchev–Trinajstić information content (AvgIpc) is 3.59. The lowest BCUT2D eigenvalue weighted by Crippen LogP contribution is -2.40. The number of piperidine rings is 1. The predicted molar refractivity (Wildman–Crippen MR) is 140 cm³/mol. The largest absolute Gasteiger partial charge is 0.490 e. The lowest BCUT2D eigenvalue weighted by Gasteiger charge is -2.30. The molecule has 1 aliphatic heterocycles. The molecule has 2 N–H and O–H groups in total. The highest BCUT2D eigenvalue weighted by molar-refractivity contribution is 5.91. The molecule has 0 unspecified atom stereocenters. The van der Waals surface area contributed by atoms with Crippen molar-refractivity contribution in [3.63, 3.8) is 0 Å². The molecule has 0 radical (unpaired) electrons. The van der Waals surface area contributed by atoms with Gasteiger partial charge in [-0.25, -0.2) is 19.6 Å². The van der Waals surface area contributed by atoms with Crippen molar-refractivity contribution < 1.29 is 36.8 Å². The van der Waals surface area contributed by atoms with E-state index in [1.165, 1.54) is 0 Å². The summed E-state index contributed by atoms with van der Waals surface area (Å²) in [5, 5.41) is 15.3. The van der Waals surface area contributed by atoms with Crippen LogP contribution in [0.3, 0.4) is 0 Å². The van der Waals surface area contributed by atoms with Gasteiger partial charge in [-0.1, -0.05) is 29.4 Å². The Labute approximate surface area is 230 Å². The number of fused-ring (bicyclic) bond motifs is 2. The van der Waals surface area contributed by atoms with E-state index in [0.29, 0.717) is 47.7 Å². The molecule has 0 bridgehead atoms. The minimum Gasteiger partial charge on any atom is -0.475 e. The fourth-order valence-electron chi connectivity index (χ4n) is 4.35. The summed E-state index contributed by atoms with van der Waals surface area (Å²) in [6, 6.07) is 17.2. The van der Waals surface area contributed by atoms with Crippen molar-refractivity contribution in [2.24, 2.45) is 0 Å². The summed E-state index contributed by atoms with van der Waals surface area (Å²) >= 11 is 0. The number of aliphatic carboxylic acids is 1.